The summed E-state index contributed by atoms with van der Waals surface area (Å²) in [5.41, 5.74) is 0.827. The van der Waals surface area contributed by atoms with Crippen LogP contribution in [0.2, 0.25) is 0 Å². The van der Waals surface area contributed by atoms with E-state index in [0.717, 1.165) is 23.0 Å². The van der Waals surface area contributed by atoms with Crippen LogP contribution in [0.3, 0.4) is 0 Å². The standard InChI is InChI=1S/C19H22BrN3O3/c20-15-3-5-16(6-4-15)23-12-14(11-17(23)24)19(26)22-9-7-21(8-10-22)18(25)13-1-2-13/h3-6,13-14H,1-2,7-12H2/t14-/m0/s1. The lowest BCUT2D eigenvalue weighted by Crippen LogP contribution is -2.52. The van der Waals surface area contributed by atoms with Gasteiger partial charge < -0.3 is 14.7 Å². The Morgan fingerprint density at radius 3 is 1.96 bits per heavy atom. The molecule has 0 bridgehead atoms. The zero-order valence-corrected chi connectivity index (χ0v) is 16.2. The maximum Gasteiger partial charge on any atom is 0.228 e. The second-order valence-corrected chi connectivity index (χ2v) is 8.22. The van der Waals surface area contributed by atoms with E-state index in [2.05, 4.69) is 15.9 Å². The van der Waals surface area contributed by atoms with Crippen molar-refractivity contribution in [2.24, 2.45) is 11.8 Å². The molecule has 6 nitrogen and oxygen atoms in total. The Bertz CT molecular complexity index is 724. The summed E-state index contributed by atoms with van der Waals surface area (Å²) in [6, 6.07) is 7.57. The maximum absolute atomic E-state index is 12.8. The molecular formula is C19H22BrN3O3. The van der Waals surface area contributed by atoms with Gasteiger partial charge in [-0.15, -0.1) is 0 Å². The Balaban J connectivity index is 1.34. The number of nitrogens with zero attached hydrogens (tertiary/aromatic N) is 3. The SMILES string of the molecule is O=C(C1CC1)N1CCN(C(=O)[C@H]2CC(=O)N(c3ccc(Br)cc3)C2)CC1. The molecular weight excluding hydrogens is 398 g/mol. The summed E-state index contributed by atoms with van der Waals surface area (Å²) in [7, 11) is 0. The van der Waals surface area contributed by atoms with Gasteiger partial charge in [0, 0.05) is 55.2 Å². The summed E-state index contributed by atoms with van der Waals surface area (Å²) in [6.07, 6.45) is 2.28. The van der Waals surface area contributed by atoms with Crippen LogP contribution >= 0.6 is 15.9 Å². The van der Waals surface area contributed by atoms with Crippen LogP contribution in [0.1, 0.15) is 19.3 Å². The van der Waals surface area contributed by atoms with Gasteiger partial charge in [-0.3, -0.25) is 14.4 Å². The van der Waals surface area contributed by atoms with Crippen molar-refractivity contribution >= 4 is 39.3 Å². The lowest BCUT2D eigenvalue weighted by Gasteiger charge is -2.36. The molecule has 1 aromatic carbocycles. The summed E-state index contributed by atoms with van der Waals surface area (Å²) >= 11 is 3.39. The second-order valence-electron chi connectivity index (χ2n) is 7.31. The average molecular weight is 420 g/mol. The minimum absolute atomic E-state index is 0.00628. The van der Waals surface area contributed by atoms with E-state index in [1.54, 1.807) is 4.90 Å². The monoisotopic (exact) mass is 419 g/mol. The third-order valence-electron chi connectivity index (χ3n) is 5.44. The number of anilines is 1. The number of amides is 3. The molecule has 1 atom stereocenters. The van der Waals surface area contributed by atoms with Crippen molar-refractivity contribution in [3.63, 3.8) is 0 Å². The number of rotatable bonds is 3. The topological polar surface area (TPSA) is 60.9 Å². The molecule has 26 heavy (non-hydrogen) atoms. The van der Waals surface area contributed by atoms with E-state index in [-0.39, 0.29) is 36.0 Å². The van der Waals surface area contributed by atoms with Crippen molar-refractivity contribution in [1.82, 2.24) is 9.80 Å². The van der Waals surface area contributed by atoms with Gasteiger partial charge in [0.25, 0.3) is 0 Å². The van der Waals surface area contributed by atoms with E-state index in [0.29, 0.717) is 32.7 Å². The third kappa shape index (κ3) is 3.49. The predicted molar refractivity (Wildman–Crippen MR) is 100 cm³/mol. The zero-order valence-electron chi connectivity index (χ0n) is 14.6. The van der Waals surface area contributed by atoms with Gasteiger partial charge in [-0.1, -0.05) is 15.9 Å². The Morgan fingerprint density at radius 2 is 1.42 bits per heavy atom. The lowest BCUT2D eigenvalue weighted by atomic mass is 10.1. The van der Waals surface area contributed by atoms with Gasteiger partial charge in [0.15, 0.2) is 0 Å². The molecule has 4 rings (SSSR count). The quantitative estimate of drug-likeness (QED) is 0.751. The molecule has 138 valence electrons. The smallest absolute Gasteiger partial charge is 0.228 e. The molecule has 1 saturated carbocycles. The molecule has 3 aliphatic rings. The number of piperazine rings is 1. The second kappa shape index (κ2) is 7.02. The Labute approximate surface area is 161 Å². The third-order valence-corrected chi connectivity index (χ3v) is 5.97. The van der Waals surface area contributed by atoms with E-state index in [9.17, 15) is 14.4 Å². The van der Waals surface area contributed by atoms with Crippen LogP contribution in [0.5, 0.6) is 0 Å². The summed E-state index contributed by atoms with van der Waals surface area (Å²) in [6.45, 7) is 2.79. The van der Waals surface area contributed by atoms with Crippen molar-refractivity contribution in [3.8, 4) is 0 Å². The van der Waals surface area contributed by atoms with E-state index in [1.807, 2.05) is 34.1 Å². The molecule has 3 amide bonds. The van der Waals surface area contributed by atoms with Gasteiger partial charge >= 0.3 is 0 Å². The van der Waals surface area contributed by atoms with E-state index in [4.69, 9.17) is 0 Å². The molecule has 7 heteroatoms. The summed E-state index contributed by atoms with van der Waals surface area (Å²) < 4.78 is 0.958. The van der Waals surface area contributed by atoms with Crippen LogP contribution in [0.25, 0.3) is 0 Å². The van der Waals surface area contributed by atoms with Crippen molar-refractivity contribution < 1.29 is 14.4 Å². The van der Waals surface area contributed by atoms with Crippen LogP contribution in [0.4, 0.5) is 5.69 Å². The molecule has 3 fully saturated rings. The molecule has 0 N–H and O–H groups in total. The molecule has 0 spiro atoms. The fourth-order valence-corrected chi connectivity index (χ4v) is 4.00. The van der Waals surface area contributed by atoms with Crippen molar-refractivity contribution in [2.45, 2.75) is 19.3 Å². The fraction of sp³-hybridized carbons (Fsp3) is 0.526. The first kappa shape index (κ1) is 17.5. The van der Waals surface area contributed by atoms with Crippen molar-refractivity contribution in [1.29, 1.82) is 0 Å². The zero-order chi connectivity index (χ0) is 18.3. The van der Waals surface area contributed by atoms with E-state index in [1.165, 1.54) is 0 Å². The highest BCUT2D eigenvalue weighted by Crippen LogP contribution is 2.32. The Hall–Kier alpha value is -1.89. The first-order valence-electron chi connectivity index (χ1n) is 9.16. The average Bonchev–Trinajstić information content (AvgIpc) is 3.44. The van der Waals surface area contributed by atoms with E-state index >= 15 is 0 Å². The van der Waals surface area contributed by atoms with Crippen LogP contribution in [-0.2, 0) is 14.4 Å². The van der Waals surface area contributed by atoms with Gasteiger partial charge in [-0.05, 0) is 37.1 Å². The van der Waals surface area contributed by atoms with Gasteiger partial charge in [-0.25, -0.2) is 0 Å². The van der Waals surface area contributed by atoms with Crippen LogP contribution < -0.4 is 4.90 Å². The van der Waals surface area contributed by atoms with Gasteiger partial charge in [0.05, 0.1) is 5.92 Å². The van der Waals surface area contributed by atoms with Gasteiger partial charge in [0.2, 0.25) is 17.7 Å². The number of hydrogen-bond donors (Lipinski definition) is 0. The minimum Gasteiger partial charge on any atom is -0.339 e. The molecule has 2 aliphatic heterocycles. The van der Waals surface area contributed by atoms with Crippen LogP contribution in [-0.4, -0.2) is 60.2 Å². The Kier molecular flexibility index (Phi) is 4.73. The summed E-state index contributed by atoms with van der Waals surface area (Å²) in [5, 5.41) is 0. The first-order valence-corrected chi connectivity index (χ1v) is 9.96. The summed E-state index contributed by atoms with van der Waals surface area (Å²) in [4.78, 5) is 42.7. The van der Waals surface area contributed by atoms with Crippen molar-refractivity contribution in [2.75, 3.05) is 37.6 Å². The fourth-order valence-electron chi connectivity index (χ4n) is 3.74. The predicted octanol–water partition coefficient (Wildman–Crippen LogP) is 1.88. The molecule has 2 heterocycles. The van der Waals surface area contributed by atoms with Crippen molar-refractivity contribution in [3.05, 3.63) is 28.7 Å². The van der Waals surface area contributed by atoms with Crippen LogP contribution in [0.15, 0.2) is 28.7 Å². The number of carbonyl (C=O) groups is 3. The van der Waals surface area contributed by atoms with Gasteiger partial charge in [0.1, 0.15) is 0 Å². The maximum atomic E-state index is 12.8. The molecule has 0 aromatic heterocycles. The molecule has 0 radical (unpaired) electrons. The number of benzene rings is 1. The number of hydrogen-bond acceptors (Lipinski definition) is 3. The van der Waals surface area contributed by atoms with Gasteiger partial charge in [-0.2, -0.15) is 0 Å². The molecule has 2 saturated heterocycles. The minimum atomic E-state index is -0.295. The molecule has 1 aromatic rings. The largest absolute Gasteiger partial charge is 0.339 e. The number of halogens is 1. The first-order chi connectivity index (χ1) is 12.5. The Morgan fingerprint density at radius 1 is 0.885 bits per heavy atom. The lowest BCUT2D eigenvalue weighted by molar-refractivity contribution is -0.142. The highest BCUT2D eigenvalue weighted by Gasteiger charge is 2.39. The summed E-state index contributed by atoms with van der Waals surface area (Å²) in [5.74, 6) is 0.209. The highest BCUT2D eigenvalue weighted by molar-refractivity contribution is 9.10. The molecule has 0 unspecified atom stereocenters. The normalized spacial score (nSPS) is 23.5. The highest BCUT2D eigenvalue weighted by atomic mass is 79.9. The number of carbonyl (C=O) groups excluding carboxylic acids is 3. The van der Waals surface area contributed by atoms with E-state index < -0.39 is 0 Å². The van der Waals surface area contributed by atoms with Crippen LogP contribution in [0, 0.1) is 11.8 Å². The molecule has 1 aliphatic carbocycles.